The SMILES string of the molecule is Cc1cccc(N(CC(=O)N[C@H](C)c2ccccc2)S(C)(=O)=O)c1C. The van der Waals surface area contributed by atoms with Gasteiger partial charge in [-0.05, 0) is 43.5 Å². The molecule has 5 nitrogen and oxygen atoms in total. The molecule has 134 valence electrons. The van der Waals surface area contributed by atoms with Gasteiger partial charge in [-0.15, -0.1) is 0 Å². The molecule has 0 saturated carbocycles. The van der Waals surface area contributed by atoms with Crippen LogP contribution in [0.3, 0.4) is 0 Å². The highest BCUT2D eigenvalue weighted by molar-refractivity contribution is 7.92. The molecule has 0 radical (unpaired) electrons. The van der Waals surface area contributed by atoms with Crippen LogP contribution in [0, 0.1) is 13.8 Å². The monoisotopic (exact) mass is 360 g/mol. The van der Waals surface area contributed by atoms with Crippen molar-refractivity contribution in [3.63, 3.8) is 0 Å². The molecule has 2 aromatic rings. The third kappa shape index (κ3) is 4.82. The Bertz CT molecular complexity index is 848. The number of hydrogen-bond donors (Lipinski definition) is 1. The molecule has 6 heteroatoms. The van der Waals surface area contributed by atoms with E-state index >= 15 is 0 Å². The van der Waals surface area contributed by atoms with Gasteiger partial charge in [0.2, 0.25) is 15.9 Å². The predicted octanol–water partition coefficient (Wildman–Crippen LogP) is 2.95. The summed E-state index contributed by atoms with van der Waals surface area (Å²) < 4.78 is 25.6. The maximum absolute atomic E-state index is 12.4. The predicted molar refractivity (Wildman–Crippen MR) is 101 cm³/mol. The third-order valence-electron chi connectivity index (χ3n) is 4.21. The Labute approximate surface area is 149 Å². The zero-order valence-electron chi connectivity index (χ0n) is 15.0. The minimum atomic E-state index is -3.58. The van der Waals surface area contributed by atoms with Gasteiger partial charge in [0, 0.05) is 0 Å². The zero-order chi connectivity index (χ0) is 18.6. The molecule has 1 N–H and O–H groups in total. The van der Waals surface area contributed by atoms with E-state index in [0.29, 0.717) is 5.69 Å². The highest BCUT2D eigenvalue weighted by atomic mass is 32.2. The zero-order valence-corrected chi connectivity index (χ0v) is 15.8. The minimum Gasteiger partial charge on any atom is -0.348 e. The van der Waals surface area contributed by atoms with Crippen molar-refractivity contribution in [2.75, 3.05) is 17.1 Å². The minimum absolute atomic E-state index is 0.200. The number of aryl methyl sites for hydroxylation is 1. The van der Waals surface area contributed by atoms with Crippen LogP contribution in [-0.4, -0.2) is 27.1 Å². The van der Waals surface area contributed by atoms with E-state index in [-0.39, 0.29) is 18.5 Å². The second kappa shape index (κ2) is 7.70. The Morgan fingerprint density at radius 3 is 2.32 bits per heavy atom. The Kier molecular flexibility index (Phi) is 5.85. The fourth-order valence-corrected chi connectivity index (χ4v) is 3.54. The molecule has 0 aliphatic carbocycles. The molecule has 2 rings (SSSR count). The summed E-state index contributed by atoms with van der Waals surface area (Å²) in [7, 11) is -3.58. The number of carbonyl (C=O) groups is 1. The summed E-state index contributed by atoms with van der Waals surface area (Å²) in [5.74, 6) is -0.345. The highest BCUT2D eigenvalue weighted by Gasteiger charge is 2.23. The van der Waals surface area contributed by atoms with Crippen LogP contribution < -0.4 is 9.62 Å². The van der Waals surface area contributed by atoms with Gasteiger partial charge < -0.3 is 5.32 Å². The summed E-state index contributed by atoms with van der Waals surface area (Å²) >= 11 is 0. The average molecular weight is 360 g/mol. The van der Waals surface area contributed by atoms with E-state index < -0.39 is 10.0 Å². The molecule has 0 aliphatic rings. The first-order valence-electron chi connectivity index (χ1n) is 8.08. The van der Waals surface area contributed by atoms with Crippen molar-refractivity contribution in [1.29, 1.82) is 0 Å². The van der Waals surface area contributed by atoms with Crippen LogP contribution >= 0.6 is 0 Å². The average Bonchev–Trinajstić information content (AvgIpc) is 2.55. The van der Waals surface area contributed by atoms with Gasteiger partial charge in [-0.1, -0.05) is 42.5 Å². The van der Waals surface area contributed by atoms with Crippen molar-refractivity contribution in [2.24, 2.45) is 0 Å². The lowest BCUT2D eigenvalue weighted by atomic mass is 10.1. The van der Waals surface area contributed by atoms with Crippen LogP contribution in [-0.2, 0) is 14.8 Å². The lowest BCUT2D eigenvalue weighted by molar-refractivity contribution is -0.120. The van der Waals surface area contributed by atoms with E-state index in [2.05, 4.69) is 5.32 Å². The van der Waals surface area contributed by atoms with Crippen LogP contribution in [0.2, 0.25) is 0 Å². The molecule has 0 bridgehead atoms. The van der Waals surface area contributed by atoms with Gasteiger partial charge in [-0.2, -0.15) is 0 Å². The van der Waals surface area contributed by atoms with Crippen LogP contribution in [0.25, 0.3) is 0 Å². The topological polar surface area (TPSA) is 66.5 Å². The summed E-state index contributed by atoms with van der Waals surface area (Å²) in [4.78, 5) is 12.4. The Morgan fingerprint density at radius 1 is 1.08 bits per heavy atom. The maximum atomic E-state index is 12.4. The molecule has 1 atom stereocenters. The number of sulfonamides is 1. The number of anilines is 1. The number of amides is 1. The molecule has 0 aliphatic heterocycles. The van der Waals surface area contributed by atoms with E-state index in [9.17, 15) is 13.2 Å². The quantitative estimate of drug-likeness (QED) is 0.861. The second-order valence-electron chi connectivity index (χ2n) is 6.19. The number of rotatable bonds is 6. The largest absolute Gasteiger partial charge is 0.348 e. The summed E-state index contributed by atoms with van der Waals surface area (Å²) in [5.41, 5.74) is 3.32. The fourth-order valence-electron chi connectivity index (χ4n) is 2.63. The molecule has 1 amide bonds. The molecule has 25 heavy (non-hydrogen) atoms. The normalized spacial score (nSPS) is 12.5. The standard InChI is InChI=1S/C19H24N2O3S/c1-14-9-8-12-18(15(14)2)21(25(4,23)24)13-19(22)20-16(3)17-10-6-5-7-11-17/h5-12,16H,13H2,1-4H3,(H,20,22)/t16-/m1/s1. The molecule has 2 aromatic carbocycles. The van der Waals surface area contributed by atoms with Crippen LogP contribution in [0.5, 0.6) is 0 Å². The summed E-state index contributed by atoms with van der Waals surface area (Å²) in [5, 5.41) is 2.86. The lowest BCUT2D eigenvalue weighted by Gasteiger charge is -2.25. The van der Waals surface area contributed by atoms with Crippen molar-refractivity contribution >= 4 is 21.6 Å². The summed E-state index contributed by atoms with van der Waals surface area (Å²) in [6, 6.07) is 14.8. The molecule has 0 aromatic heterocycles. The second-order valence-corrected chi connectivity index (χ2v) is 8.10. The molecule has 0 saturated heterocycles. The van der Waals surface area contributed by atoms with Gasteiger partial charge >= 0.3 is 0 Å². The highest BCUT2D eigenvalue weighted by Crippen LogP contribution is 2.24. The van der Waals surface area contributed by atoms with Gasteiger partial charge in [-0.25, -0.2) is 8.42 Å². The molecular formula is C19H24N2O3S. The van der Waals surface area contributed by atoms with Crippen molar-refractivity contribution < 1.29 is 13.2 Å². The van der Waals surface area contributed by atoms with Crippen molar-refractivity contribution in [1.82, 2.24) is 5.32 Å². The van der Waals surface area contributed by atoms with E-state index in [1.54, 1.807) is 12.1 Å². The molecule has 0 spiro atoms. The first-order chi connectivity index (χ1) is 11.7. The summed E-state index contributed by atoms with van der Waals surface area (Å²) in [6.07, 6.45) is 1.11. The van der Waals surface area contributed by atoms with Crippen molar-refractivity contribution in [2.45, 2.75) is 26.8 Å². The number of benzene rings is 2. The van der Waals surface area contributed by atoms with Crippen LogP contribution in [0.4, 0.5) is 5.69 Å². The van der Waals surface area contributed by atoms with Crippen molar-refractivity contribution in [3.8, 4) is 0 Å². The van der Waals surface area contributed by atoms with Gasteiger partial charge in [0.1, 0.15) is 6.54 Å². The molecular weight excluding hydrogens is 336 g/mol. The van der Waals surface area contributed by atoms with E-state index in [1.165, 1.54) is 0 Å². The summed E-state index contributed by atoms with van der Waals surface area (Å²) in [6.45, 7) is 5.39. The number of nitrogens with zero attached hydrogens (tertiary/aromatic N) is 1. The van der Waals surface area contributed by atoms with Gasteiger partial charge in [-0.3, -0.25) is 9.10 Å². The van der Waals surface area contributed by atoms with E-state index in [0.717, 1.165) is 27.3 Å². The van der Waals surface area contributed by atoms with Gasteiger partial charge in [0.25, 0.3) is 0 Å². The van der Waals surface area contributed by atoms with Gasteiger partial charge in [0.15, 0.2) is 0 Å². The lowest BCUT2D eigenvalue weighted by Crippen LogP contribution is -2.41. The number of nitrogens with one attached hydrogen (secondary N) is 1. The van der Waals surface area contributed by atoms with Crippen molar-refractivity contribution in [3.05, 3.63) is 65.2 Å². The molecule has 0 fully saturated rings. The first-order valence-corrected chi connectivity index (χ1v) is 9.93. The fraction of sp³-hybridized carbons (Fsp3) is 0.316. The first kappa shape index (κ1) is 19.0. The van der Waals surface area contributed by atoms with E-state index in [4.69, 9.17) is 0 Å². The molecule has 0 heterocycles. The van der Waals surface area contributed by atoms with E-state index in [1.807, 2.05) is 57.2 Å². The molecule has 0 unspecified atom stereocenters. The smallest absolute Gasteiger partial charge is 0.241 e. The van der Waals surface area contributed by atoms with Crippen LogP contribution in [0.1, 0.15) is 29.7 Å². The Morgan fingerprint density at radius 2 is 1.72 bits per heavy atom. The maximum Gasteiger partial charge on any atom is 0.241 e. The third-order valence-corrected chi connectivity index (χ3v) is 5.34. The Hall–Kier alpha value is -2.34. The number of carbonyl (C=O) groups excluding carboxylic acids is 1. The Balaban J connectivity index is 2.21. The van der Waals surface area contributed by atoms with Crippen LogP contribution in [0.15, 0.2) is 48.5 Å². The van der Waals surface area contributed by atoms with Gasteiger partial charge in [0.05, 0.1) is 18.0 Å². The number of hydrogen-bond acceptors (Lipinski definition) is 3.